The van der Waals surface area contributed by atoms with E-state index >= 15 is 0 Å². The largest absolute Gasteiger partial charge is 0.383 e. The molecular formula is C17H38N2O. The summed E-state index contributed by atoms with van der Waals surface area (Å²) >= 11 is 0. The minimum absolute atomic E-state index is 0.604. The molecule has 0 saturated carbocycles. The van der Waals surface area contributed by atoms with Crippen molar-refractivity contribution < 1.29 is 4.74 Å². The van der Waals surface area contributed by atoms with Crippen LogP contribution in [0.4, 0.5) is 0 Å². The summed E-state index contributed by atoms with van der Waals surface area (Å²) in [5.74, 6) is 0. The molecule has 0 aromatic carbocycles. The Morgan fingerprint density at radius 2 is 1.65 bits per heavy atom. The van der Waals surface area contributed by atoms with Gasteiger partial charge in [-0.05, 0) is 32.2 Å². The van der Waals surface area contributed by atoms with E-state index in [0.717, 1.165) is 19.7 Å². The maximum Gasteiger partial charge on any atom is 0.0589 e. The Bertz CT molecular complexity index is 201. The fourth-order valence-corrected chi connectivity index (χ4v) is 3.33. The lowest BCUT2D eigenvalue weighted by atomic mass is 9.96. The van der Waals surface area contributed by atoms with Crippen molar-refractivity contribution in [3.05, 3.63) is 0 Å². The summed E-state index contributed by atoms with van der Waals surface area (Å²) in [7, 11) is 1.81. The number of rotatable bonds is 13. The van der Waals surface area contributed by atoms with Gasteiger partial charge >= 0.3 is 0 Å². The molecule has 0 radical (unpaired) electrons. The zero-order valence-corrected chi connectivity index (χ0v) is 14.7. The summed E-state index contributed by atoms with van der Waals surface area (Å²) < 4.78 is 5.34. The third-order valence-electron chi connectivity index (χ3n) is 4.34. The molecule has 0 aromatic rings. The summed E-state index contributed by atoms with van der Waals surface area (Å²) in [5, 5.41) is 3.71. The van der Waals surface area contributed by atoms with Crippen LogP contribution in [-0.2, 0) is 4.74 Å². The third kappa shape index (κ3) is 6.55. The molecule has 0 amide bonds. The first-order valence-corrected chi connectivity index (χ1v) is 8.67. The predicted octanol–water partition coefficient (Wildman–Crippen LogP) is 3.68. The molecule has 0 bridgehead atoms. The Balaban J connectivity index is 4.99. The first-order valence-electron chi connectivity index (χ1n) is 8.67. The first kappa shape index (κ1) is 19.9. The van der Waals surface area contributed by atoms with Crippen LogP contribution in [0.15, 0.2) is 0 Å². The lowest BCUT2D eigenvalue weighted by Crippen LogP contribution is -2.54. The van der Waals surface area contributed by atoms with Crippen LogP contribution < -0.4 is 5.32 Å². The van der Waals surface area contributed by atoms with Crippen molar-refractivity contribution in [1.29, 1.82) is 0 Å². The van der Waals surface area contributed by atoms with Crippen LogP contribution in [0.25, 0.3) is 0 Å². The lowest BCUT2D eigenvalue weighted by molar-refractivity contribution is 0.0586. The van der Waals surface area contributed by atoms with Crippen molar-refractivity contribution in [3.8, 4) is 0 Å². The molecule has 1 N–H and O–H groups in total. The molecule has 0 fully saturated rings. The molecule has 3 heteroatoms. The van der Waals surface area contributed by atoms with Gasteiger partial charge in [0.1, 0.15) is 0 Å². The number of nitrogens with one attached hydrogen (secondary N) is 1. The molecule has 0 aliphatic carbocycles. The van der Waals surface area contributed by atoms with Crippen LogP contribution >= 0.6 is 0 Å². The summed E-state index contributed by atoms with van der Waals surface area (Å²) in [4.78, 5) is 2.70. The second-order valence-corrected chi connectivity index (χ2v) is 5.63. The monoisotopic (exact) mass is 286 g/mol. The van der Waals surface area contributed by atoms with Crippen molar-refractivity contribution in [2.75, 3.05) is 26.8 Å². The van der Waals surface area contributed by atoms with Crippen LogP contribution in [0, 0.1) is 0 Å². The van der Waals surface area contributed by atoms with Crippen molar-refractivity contribution >= 4 is 0 Å². The maximum atomic E-state index is 5.34. The third-order valence-corrected chi connectivity index (χ3v) is 4.34. The van der Waals surface area contributed by atoms with Crippen molar-refractivity contribution in [3.63, 3.8) is 0 Å². The van der Waals surface area contributed by atoms with E-state index in [0.29, 0.717) is 18.1 Å². The zero-order chi connectivity index (χ0) is 15.4. The highest BCUT2D eigenvalue weighted by Gasteiger charge is 2.28. The van der Waals surface area contributed by atoms with E-state index in [1.54, 1.807) is 7.11 Å². The molecule has 122 valence electrons. The van der Waals surface area contributed by atoms with Gasteiger partial charge in [0.25, 0.3) is 0 Å². The Morgan fingerprint density at radius 1 is 1.00 bits per heavy atom. The van der Waals surface area contributed by atoms with Crippen LogP contribution in [-0.4, -0.2) is 49.8 Å². The average Bonchev–Trinajstić information content (AvgIpc) is 2.46. The number of methoxy groups -OCH3 is 1. The molecule has 0 spiro atoms. The fraction of sp³-hybridized carbons (Fsp3) is 1.00. The second kappa shape index (κ2) is 12.6. The highest BCUT2D eigenvalue weighted by molar-refractivity contribution is 4.86. The Kier molecular flexibility index (Phi) is 12.5. The Morgan fingerprint density at radius 3 is 2.05 bits per heavy atom. The standard InChI is InChI=1S/C17H38N2O/c1-7-12-16(18-11-5)17(10-4)19(13-14-20-6)15(8-2)9-3/h15-18H,7-14H2,1-6H3. The van der Waals surface area contributed by atoms with Crippen LogP contribution in [0.2, 0.25) is 0 Å². The van der Waals surface area contributed by atoms with Gasteiger partial charge in [0.2, 0.25) is 0 Å². The number of likely N-dealkylation sites (N-methyl/N-ethyl adjacent to an activating group) is 1. The van der Waals surface area contributed by atoms with E-state index in [4.69, 9.17) is 4.74 Å². The van der Waals surface area contributed by atoms with Gasteiger partial charge in [0, 0.05) is 31.8 Å². The molecule has 3 nitrogen and oxygen atoms in total. The number of ether oxygens (including phenoxy) is 1. The Hall–Kier alpha value is -0.120. The summed E-state index contributed by atoms with van der Waals surface area (Å²) in [5.41, 5.74) is 0. The van der Waals surface area contributed by atoms with Gasteiger partial charge in [0.15, 0.2) is 0 Å². The van der Waals surface area contributed by atoms with E-state index in [9.17, 15) is 0 Å². The number of nitrogens with zero attached hydrogens (tertiary/aromatic N) is 1. The van der Waals surface area contributed by atoms with Gasteiger partial charge in [-0.15, -0.1) is 0 Å². The van der Waals surface area contributed by atoms with Gasteiger partial charge < -0.3 is 10.1 Å². The van der Waals surface area contributed by atoms with E-state index in [1.807, 2.05) is 0 Å². The minimum atomic E-state index is 0.604. The summed E-state index contributed by atoms with van der Waals surface area (Å²) in [6, 6.07) is 1.90. The van der Waals surface area contributed by atoms with Crippen LogP contribution in [0.3, 0.4) is 0 Å². The first-order chi connectivity index (χ1) is 9.69. The molecule has 0 aromatic heterocycles. The van der Waals surface area contributed by atoms with Gasteiger partial charge in [0.05, 0.1) is 6.61 Å². The van der Waals surface area contributed by atoms with Crippen molar-refractivity contribution in [1.82, 2.24) is 10.2 Å². The van der Waals surface area contributed by atoms with Gasteiger partial charge in [-0.3, -0.25) is 4.90 Å². The molecule has 0 aliphatic heterocycles. The van der Waals surface area contributed by atoms with Crippen molar-refractivity contribution in [2.45, 2.75) is 84.8 Å². The van der Waals surface area contributed by atoms with E-state index in [2.05, 4.69) is 44.8 Å². The molecule has 2 unspecified atom stereocenters. The summed E-state index contributed by atoms with van der Waals surface area (Å²) in [6.45, 7) is 14.4. The van der Waals surface area contributed by atoms with Crippen LogP contribution in [0.5, 0.6) is 0 Å². The molecule has 0 rings (SSSR count). The highest BCUT2D eigenvalue weighted by atomic mass is 16.5. The molecule has 2 atom stereocenters. The zero-order valence-electron chi connectivity index (χ0n) is 14.7. The van der Waals surface area contributed by atoms with Crippen LogP contribution in [0.1, 0.15) is 66.7 Å². The predicted molar refractivity (Wildman–Crippen MR) is 89.4 cm³/mol. The SMILES string of the molecule is CCCC(NCC)C(CC)N(CCOC)C(CC)CC. The quantitative estimate of drug-likeness (QED) is 0.559. The average molecular weight is 287 g/mol. The minimum Gasteiger partial charge on any atom is -0.383 e. The molecule has 20 heavy (non-hydrogen) atoms. The van der Waals surface area contributed by atoms with Gasteiger partial charge in [-0.25, -0.2) is 0 Å². The maximum absolute atomic E-state index is 5.34. The van der Waals surface area contributed by atoms with E-state index in [-0.39, 0.29) is 0 Å². The molecule has 0 saturated heterocycles. The molecule has 0 aliphatic rings. The van der Waals surface area contributed by atoms with Gasteiger partial charge in [-0.2, -0.15) is 0 Å². The Labute approximate surface area is 127 Å². The topological polar surface area (TPSA) is 24.5 Å². The molecular weight excluding hydrogens is 248 g/mol. The smallest absolute Gasteiger partial charge is 0.0589 e. The number of hydrogen-bond acceptors (Lipinski definition) is 3. The number of hydrogen-bond donors (Lipinski definition) is 1. The van der Waals surface area contributed by atoms with E-state index < -0.39 is 0 Å². The van der Waals surface area contributed by atoms with Crippen molar-refractivity contribution in [2.24, 2.45) is 0 Å². The summed E-state index contributed by atoms with van der Waals surface area (Å²) in [6.07, 6.45) is 6.16. The second-order valence-electron chi connectivity index (χ2n) is 5.63. The normalized spacial score (nSPS) is 15.0. The lowest BCUT2D eigenvalue weighted by Gasteiger charge is -2.41. The fourth-order valence-electron chi connectivity index (χ4n) is 3.33. The highest BCUT2D eigenvalue weighted by Crippen LogP contribution is 2.20. The van der Waals surface area contributed by atoms with E-state index in [1.165, 1.54) is 32.1 Å². The molecule has 0 heterocycles. The van der Waals surface area contributed by atoms with Gasteiger partial charge in [-0.1, -0.05) is 41.0 Å².